The van der Waals surface area contributed by atoms with Crippen LogP contribution in [-0.2, 0) is 19.4 Å². The van der Waals surface area contributed by atoms with Crippen LogP contribution in [0.25, 0.3) is 0 Å². The Kier molecular flexibility index (Phi) is 8.37. The Bertz CT molecular complexity index is 1250. The number of benzene rings is 3. The molecule has 2 aliphatic carbocycles. The van der Waals surface area contributed by atoms with Gasteiger partial charge in [-0.1, -0.05) is 37.1 Å². The van der Waals surface area contributed by atoms with Gasteiger partial charge in [0.05, 0.1) is 12.6 Å². The lowest BCUT2D eigenvalue weighted by molar-refractivity contribution is 0.0865. The molecule has 3 aromatic carbocycles. The summed E-state index contributed by atoms with van der Waals surface area (Å²) in [4.78, 5) is 4.81. The third-order valence-electron chi connectivity index (χ3n) is 9.11. The molecular weight excluding hydrogens is 484 g/mol. The number of phenols is 1. The average Bonchev–Trinajstić information content (AvgIpc) is 3.45. The molecule has 5 heteroatoms. The number of ether oxygens (including phenoxy) is 2. The summed E-state index contributed by atoms with van der Waals surface area (Å²) >= 11 is 0. The first-order valence-electron chi connectivity index (χ1n) is 14.5. The number of aromatic hydroxyl groups is 1. The number of aryl methyl sites for hydroxylation is 1. The molecular formula is C34H44N2O3. The van der Waals surface area contributed by atoms with Crippen LogP contribution in [0.3, 0.4) is 0 Å². The van der Waals surface area contributed by atoms with E-state index >= 15 is 0 Å². The van der Waals surface area contributed by atoms with Crippen LogP contribution in [0.1, 0.15) is 67.2 Å². The Hall–Kier alpha value is -3.18. The number of fused-ring (bicyclic) bond motifs is 1. The predicted molar refractivity (Wildman–Crippen MR) is 159 cm³/mol. The highest BCUT2D eigenvalue weighted by atomic mass is 16.5. The van der Waals surface area contributed by atoms with Crippen molar-refractivity contribution in [2.24, 2.45) is 0 Å². The van der Waals surface area contributed by atoms with Crippen LogP contribution in [0.5, 0.6) is 17.2 Å². The van der Waals surface area contributed by atoms with E-state index in [1.54, 1.807) is 7.11 Å². The molecule has 3 aromatic rings. The first kappa shape index (κ1) is 27.4. The van der Waals surface area contributed by atoms with Crippen molar-refractivity contribution >= 4 is 5.69 Å². The van der Waals surface area contributed by atoms with Gasteiger partial charge in [-0.3, -0.25) is 0 Å². The maximum Gasteiger partial charge on any atom is 0.120 e. The summed E-state index contributed by atoms with van der Waals surface area (Å²) in [5.41, 5.74) is 6.69. The Morgan fingerprint density at radius 3 is 2.36 bits per heavy atom. The largest absolute Gasteiger partial charge is 0.508 e. The quantitative estimate of drug-likeness (QED) is 0.308. The molecule has 39 heavy (non-hydrogen) atoms. The summed E-state index contributed by atoms with van der Waals surface area (Å²) < 4.78 is 11.9. The molecule has 0 aliphatic heterocycles. The number of nitrogens with zero attached hydrogens (tertiary/aromatic N) is 2. The minimum absolute atomic E-state index is 0.167. The van der Waals surface area contributed by atoms with Crippen molar-refractivity contribution in [1.29, 1.82) is 0 Å². The summed E-state index contributed by atoms with van der Waals surface area (Å²) in [5.74, 6) is 2.64. The van der Waals surface area contributed by atoms with E-state index in [1.165, 1.54) is 53.6 Å². The molecule has 0 spiro atoms. The van der Waals surface area contributed by atoms with Gasteiger partial charge in [0.15, 0.2) is 0 Å². The number of methoxy groups -OCH3 is 1. The summed E-state index contributed by atoms with van der Waals surface area (Å²) in [7, 11) is 6.10. The Morgan fingerprint density at radius 2 is 1.67 bits per heavy atom. The molecule has 5 rings (SSSR count). The van der Waals surface area contributed by atoms with Crippen molar-refractivity contribution in [3.05, 3.63) is 82.9 Å². The fraction of sp³-hybridized carbons (Fsp3) is 0.471. The maximum absolute atomic E-state index is 9.92. The van der Waals surface area contributed by atoms with E-state index in [-0.39, 0.29) is 5.54 Å². The second-order valence-corrected chi connectivity index (χ2v) is 11.6. The predicted octanol–water partition coefficient (Wildman–Crippen LogP) is 6.95. The van der Waals surface area contributed by atoms with Crippen molar-refractivity contribution in [1.82, 2.24) is 4.90 Å². The number of hydrogen-bond acceptors (Lipinski definition) is 5. The van der Waals surface area contributed by atoms with Crippen molar-refractivity contribution in [3.63, 3.8) is 0 Å². The molecule has 1 N–H and O–H groups in total. The number of rotatable bonds is 10. The Labute approximate surface area is 234 Å². The molecule has 208 valence electrons. The standard InChI is InChI=1S/C34H44N2O3/c1-5-36(23-25-8-14-30(15-9-25)39-24-34(35(2)3)18-6-7-19-34)33-22-31(38-4)16-17-32(33)28-11-10-27-21-29(37)13-12-26(27)20-28/h8-9,12-17,21-22,28,37H,5-7,10-11,18-20,23-24H2,1-4H3/t28-/m1/s1. The molecule has 1 saturated carbocycles. The lowest BCUT2D eigenvalue weighted by atomic mass is 9.79. The molecule has 0 amide bonds. The Balaban J connectivity index is 1.32. The van der Waals surface area contributed by atoms with Gasteiger partial charge >= 0.3 is 0 Å². The molecule has 0 unspecified atom stereocenters. The number of phenolic OH excluding ortho intramolecular Hbond substituents is 1. The van der Waals surface area contributed by atoms with Crippen LogP contribution < -0.4 is 14.4 Å². The number of likely N-dealkylation sites (N-methyl/N-ethyl adjacent to an activating group) is 1. The van der Waals surface area contributed by atoms with E-state index in [0.29, 0.717) is 11.7 Å². The summed E-state index contributed by atoms with van der Waals surface area (Å²) in [6.45, 7) is 4.70. The lowest BCUT2D eigenvalue weighted by Gasteiger charge is -2.36. The van der Waals surface area contributed by atoms with Crippen LogP contribution in [-0.4, -0.2) is 49.9 Å². The lowest BCUT2D eigenvalue weighted by Crippen LogP contribution is -2.46. The number of anilines is 1. The topological polar surface area (TPSA) is 45.2 Å². The van der Waals surface area contributed by atoms with Gasteiger partial charge in [0.2, 0.25) is 0 Å². The summed E-state index contributed by atoms with van der Waals surface area (Å²) in [6, 6.07) is 21.1. The first-order chi connectivity index (χ1) is 18.9. The molecule has 0 bridgehead atoms. The van der Waals surface area contributed by atoms with Gasteiger partial charge in [-0.25, -0.2) is 0 Å². The van der Waals surface area contributed by atoms with Crippen LogP contribution in [0.15, 0.2) is 60.7 Å². The van der Waals surface area contributed by atoms with Crippen LogP contribution in [0.2, 0.25) is 0 Å². The Morgan fingerprint density at radius 1 is 0.923 bits per heavy atom. The molecule has 0 aromatic heterocycles. The summed E-state index contributed by atoms with van der Waals surface area (Å²) in [6.07, 6.45) is 8.05. The SMILES string of the molecule is CCN(Cc1ccc(OCC2(N(C)C)CCCC2)cc1)c1cc(OC)ccc1[C@@H]1CCc2cc(O)ccc2C1. The highest BCUT2D eigenvalue weighted by Crippen LogP contribution is 2.40. The molecule has 0 heterocycles. The van der Waals surface area contributed by atoms with Crippen LogP contribution >= 0.6 is 0 Å². The van der Waals surface area contributed by atoms with E-state index in [0.717, 1.165) is 50.5 Å². The van der Waals surface area contributed by atoms with Gasteiger partial charge in [-0.15, -0.1) is 0 Å². The molecule has 1 atom stereocenters. The van der Waals surface area contributed by atoms with Crippen molar-refractivity contribution in [3.8, 4) is 17.2 Å². The third kappa shape index (κ3) is 6.04. The van der Waals surface area contributed by atoms with Crippen LogP contribution in [0.4, 0.5) is 5.69 Å². The van der Waals surface area contributed by atoms with E-state index in [2.05, 4.69) is 79.3 Å². The number of hydrogen-bond donors (Lipinski definition) is 1. The normalized spacial score (nSPS) is 18.1. The highest BCUT2D eigenvalue weighted by Gasteiger charge is 2.36. The van der Waals surface area contributed by atoms with Crippen molar-refractivity contribution in [2.75, 3.05) is 39.3 Å². The van der Waals surface area contributed by atoms with Crippen molar-refractivity contribution in [2.45, 2.75) is 69.9 Å². The first-order valence-corrected chi connectivity index (χ1v) is 14.5. The highest BCUT2D eigenvalue weighted by molar-refractivity contribution is 5.60. The van der Waals surface area contributed by atoms with E-state index < -0.39 is 0 Å². The van der Waals surface area contributed by atoms with Gasteiger partial charge in [-0.2, -0.15) is 0 Å². The monoisotopic (exact) mass is 528 g/mol. The zero-order valence-corrected chi connectivity index (χ0v) is 24.1. The van der Waals surface area contributed by atoms with E-state index in [1.807, 2.05) is 12.1 Å². The third-order valence-corrected chi connectivity index (χ3v) is 9.11. The van der Waals surface area contributed by atoms with Gasteiger partial charge in [0.1, 0.15) is 23.9 Å². The van der Waals surface area contributed by atoms with Crippen molar-refractivity contribution < 1.29 is 14.6 Å². The molecule has 2 aliphatic rings. The van der Waals surface area contributed by atoms with E-state index in [9.17, 15) is 5.11 Å². The van der Waals surface area contributed by atoms with E-state index in [4.69, 9.17) is 9.47 Å². The van der Waals surface area contributed by atoms with Crippen LogP contribution in [0, 0.1) is 0 Å². The van der Waals surface area contributed by atoms with Gasteiger partial charge in [0.25, 0.3) is 0 Å². The molecule has 0 saturated heterocycles. The van der Waals surface area contributed by atoms with Gasteiger partial charge < -0.3 is 24.4 Å². The fourth-order valence-corrected chi connectivity index (χ4v) is 6.53. The second-order valence-electron chi connectivity index (χ2n) is 11.6. The zero-order valence-electron chi connectivity index (χ0n) is 24.1. The molecule has 0 radical (unpaired) electrons. The molecule has 1 fully saturated rings. The van der Waals surface area contributed by atoms with Gasteiger partial charge in [0, 0.05) is 24.8 Å². The average molecular weight is 529 g/mol. The minimum atomic E-state index is 0.167. The second kappa shape index (κ2) is 11.9. The zero-order chi connectivity index (χ0) is 27.4. The summed E-state index contributed by atoms with van der Waals surface area (Å²) in [5, 5.41) is 9.92. The smallest absolute Gasteiger partial charge is 0.120 e. The maximum atomic E-state index is 9.92. The molecule has 5 nitrogen and oxygen atoms in total. The minimum Gasteiger partial charge on any atom is -0.508 e. The fourth-order valence-electron chi connectivity index (χ4n) is 6.53. The van der Waals surface area contributed by atoms with Gasteiger partial charge in [-0.05, 0) is 112 Å².